The predicted molar refractivity (Wildman–Crippen MR) is 210 cm³/mol. The Balaban J connectivity index is 1.09. The van der Waals surface area contributed by atoms with Crippen LogP contribution in [0.15, 0.2) is 59.1 Å². The third kappa shape index (κ3) is 12.3. The van der Waals surface area contributed by atoms with Gasteiger partial charge in [0.25, 0.3) is 0 Å². The number of carbonyl (C=O) groups is 2. The smallest absolute Gasteiger partial charge is 0.455 e. The number of esters is 1. The Labute approximate surface area is 353 Å². The van der Waals surface area contributed by atoms with E-state index in [0.717, 1.165) is 10.9 Å². The standard InChI is InChI=1S/C32H41N13O16P2/c33-18(2-1-8-37-32(49)55-11-16-3-5-17(6-4-16)42-43-36)30(47)60-26-21(59-29(25(26)46)45-15-40-24-27(35)38-14-39-28(24)45)13-57-63(53,54)61-19-10-23(44-9-7-22(34)41-31(44)48)58-20(19)12-56-62(50,51)52/h3-7,9,14-15,18-21,23,25-26,29,46H,1-2,8,10-13,33H2,(H,37,49)(H,53,54)(H2,34,41,48)(H2,35,38,39)(H2,50,51,52)/t18?,19-,20+,21+,23+,25+,26+,29+/m0/s1. The molecular weight excluding hydrogens is 884 g/mol. The highest BCUT2D eigenvalue weighted by Gasteiger charge is 2.50. The van der Waals surface area contributed by atoms with Crippen molar-refractivity contribution in [3.63, 3.8) is 0 Å². The van der Waals surface area contributed by atoms with Crippen LogP contribution in [-0.2, 0) is 53.1 Å². The fraction of sp³-hybridized carbons (Fsp3) is 0.469. The highest BCUT2D eigenvalue weighted by atomic mass is 31.2. The number of azide groups is 1. The lowest BCUT2D eigenvalue weighted by molar-refractivity contribution is -0.158. The van der Waals surface area contributed by atoms with E-state index in [0.29, 0.717) is 11.3 Å². The zero-order valence-electron chi connectivity index (χ0n) is 32.5. The van der Waals surface area contributed by atoms with Crippen LogP contribution in [0.3, 0.4) is 0 Å². The number of nitrogens with zero attached hydrogens (tertiary/aromatic N) is 9. The zero-order chi connectivity index (χ0) is 45.5. The molecule has 1 aromatic carbocycles. The molecule has 0 radical (unpaired) electrons. The van der Waals surface area contributed by atoms with Gasteiger partial charge in [-0.15, -0.1) is 0 Å². The van der Waals surface area contributed by atoms with E-state index in [1.54, 1.807) is 24.3 Å². The molecule has 63 heavy (non-hydrogen) atoms. The van der Waals surface area contributed by atoms with E-state index >= 15 is 0 Å². The number of benzene rings is 1. The molecule has 4 aromatic rings. The first-order chi connectivity index (χ1) is 29.9. The number of aliphatic hydroxyl groups excluding tert-OH is 1. The summed E-state index contributed by atoms with van der Waals surface area (Å²) in [6.45, 7) is -1.77. The van der Waals surface area contributed by atoms with Gasteiger partial charge in [-0.05, 0) is 30.0 Å². The van der Waals surface area contributed by atoms with Gasteiger partial charge in [-0.3, -0.25) is 27.5 Å². The van der Waals surface area contributed by atoms with E-state index in [1.807, 2.05) is 0 Å². The molecule has 0 spiro atoms. The summed E-state index contributed by atoms with van der Waals surface area (Å²) in [5.41, 5.74) is 26.5. The summed E-state index contributed by atoms with van der Waals surface area (Å²) in [5.74, 6) is -1.14. The lowest BCUT2D eigenvalue weighted by Crippen LogP contribution is -2.43. The Hall–Kier alpha value is -5.64. The number of aliphatic hydroxyl groups is 1. The van der Waals surface area contributed by atoms with E-state index in [2.05, 4.69) is 39.8 Å². The maximum Gasteiger partial charge on any atom is 0.472 e. The average molecular weight is 926 g/mol. The molecule has 0 bridgehead atoms. The van der Waals surface area contributed by atoms with Crippen LogP contribution < -0.4 is 28.2 Å². The Bertz CT molecular complexity index is 2470. The molecule has 6 rings (SSSR count). The Morgan fingerprint density at radius 3 is 2.51 bits per heavy atom. The first-order valence-electron chi connectivity index (χ1n) is 18.5. The molecule has 2 aliphatic heterocycles. The molecule has 0 aliphatic carbocycles. The second kappa shape index (κ2) is 20.2. The molecular formula is C32H41N13O16P2. The van der Waals surface area contributed by atoms with Crippen LogP contribution in [0.1, 0.15) is 37.3 Å². The molecule has 9 atom stereocenters. The van der Waals surface area contributed by atoms with Crippen molar-refractivity contribution in [1.29, 1.82) is 0 Å². The van der Waals surface area contributed by atoms with Crippen molar-refractivity contribution in [3.8, 4) is 0 Å². The maximum atomic E-state index is 13.4. The van der Waals surface area contributed by atoms with Gasteiger partial charge in [0.15, 0.2) is 23.8 Å². The van der Waals surface area contributed by atoms with Crippen molar-refractivity contribution in [2.45, 2.75) is 74.9 Å². The van der Waals surface area contributed by atoms with Crippen LogP contribution in [0.2, 0.25) is 0 Å². The molecule has 1 amide bonds. The van der Waals surface area contributed by atoms with Gasteiger partial charge in [0.05, 0.1) is 19.5 Å². The topological polar surface area (TPSA) is 431 Å². The molecule has 0 saturated carbocycles. The summed E-state index contributed by atoms with van der Waals surface area (Å²) in [6.07, 6.45) is -7.78. The molecule has 11 N–H and O–H groups in total. The summed E-state index contributed by atoms with van der Waals surface area (Å²) >= 11 is 0. The minimum atomic E-state index is -5.21. The van der Waals surface area contributed by atoms with Crippen LogP contribution in [0.4, 0.5) is 22.1 Å². The Kier molecular flexibility index (Phi) is 15.1. The second-order valence-electron chi connectivity index (χ2n) is 13.7. The van der Waals surface area contributed by atoms with Crippen molar-refractivity contribution >= 4 is 56.2 Å². The van der Waals surface area contributed by atoms with E-state index in [-0.39, 0.29) is 55.2 Å². The lowest BCUT2D eigenvalue weighted by atomic mass is 10.1. The van der Waals surface area contributed by atoms with Crippen molar-refractivity contribution in [2.75, 3.05) is 31.2 Å². The molecule has 3 aromatic heterocycles. The van der Waals surface area contributed by atoms with Crippen LogP contribution >= 0.6 is 15.6 Å². The number of fused-ring (bicyclic) bond motifs is 1. The minimum Gasteiger partial charge on any atom is -0.455 e. The molecule has 2 unspecified atom stereocenters. The summed E-state index contributed by atoms with van der Waals surface area (Å²) in [6, 6.07) is 6.31. The number of phosphoric acid groups is 2. The predicted octanol–water partition coefficient (Wildman–Crippen LogP) is 0.292. The fourth-order valence-electron chi connectivity index (χ4n) is 6.36. The minimum absolute atomic E-state index is 0.000424. The van der Waals surface area contributed by atoms with Crippen LogP contribution in [0.25, 0.3) is 21.6 Å². The third-order valence-corrected chi connectivity index (χ3v) is 10.9. The molecule has 31 heteroatoms. The van der Waals surface area contributed by atoms with Crippen molar-refractivity contribution < 1.29 is 71.0 Å². The molecule has 2 saturated heterocycles. The second-order valence-corrected chi connectivity index (χ2v) is 16.4. The number of nitrogen functional groups attached to an aromatic ring is 2. The normalized spacial score (nSPS) is 23.7. The SMILES string of the molecule is [N-]=[N+]=Nc1ccc(COC(=O)NCCCC(N)C(=O)O[C@H]2[C@@H](O)[C@H](n3cnc4c(N)ncnc43)O[C@@H]2COP(=O)(O)O[C@H]2C[C@H](n3ccc(N)nc3=O)O[C@@H]2COP(=O)(O)O)cc1. The summed E-state index contributed by atoms with van der Waals surface area (Å²) < 4.78 is 64.7. The number of imidazole rings is 1. The quantitative estimate of drug-likeness (QED) is 0.0156. The van der Waals surface area contributed by atoms with Crippen LogP contribution in [-0.4, -0.2) is 117 Å². The number of aromatic nitrogens is 6. The van der Waals surface area contributed by atoms with E-state index in [1.165, 1.54) is 23.2 Å². The third-order valence-electron chi connectivity index (χ3n) is 9.37. The first-order valence-corrected chi connectivity index (χ1v) is 21.6. The van der Waals surface area contributed by atoms with Gasteiger partial charge >= 0.3 is 33.4 Å². The van der Waals surface area contributed by atoms with Crippen molar-refractivity contribution in [2.24, 2.45) is 10.8 Å². The number of hydrogen-bond acceptors (Lipinski definition) is 21. The fourth-order valence-corrected chi connectivity index (χ4v) is 7.67. The number of rotatable bonds is 19. The number of amides is 1. The van der Waals surface area contributed by atoms with Gasteiger partial charge in [0.2, 0.25) is 0 Å². The van der Waals surface area contributed by atoms with E-state index < -0.39 is 95.6 Å². The van der Waals surface area contributed by atoms with Gasteiger partial charge in [0.1, 0.15) is 61.0 Å². The largest absolute Gasteiger partial charge is 0.472 e. The maximum absolute atomic E-state index is 13.4. The molecule has 29 nitrogen and oxygen atoms in total. The van der Waals surface area contributed by atoms with Crippen LogP contribution in [0, 0.1) is 0 Å². The van der Waals surface area contributed by atoms with Gasteiger partial charge in [0, 0.05) is 29.8 Å². The monoisotopic (exact) mass is 925 g/mol. The van der Waals surface area contributed by atoms with Gasteiger partial charge < -0.3 is 61.3 Å². The van der Waals surface area contributed by atoms with Crippen molar-refractivity contribution in [3.05, 3.63) is 75.7 Å². The van der Waals surface area contributed by atoms with Crippen LogP contribution in [0.5, 0.6) is 0 Å². The summed E-state index contributed by atoms with van der Waals surface area (Å²) in [5, 5.41) is 17.5. The highest BCUT2D eigenvalue weighted by Crippen LogP contribution is 2.50. The van der Waals surface area contributed by atoms with E-state index in [9.17, 15) is 43.3 Å². The number of ether oxygens (including phenoxy) is 4. The van der Waals surface area contributed by atoms with Gasteiger partial charge in [-0.25, -0.2) is 33.7 Å². The summed E-state index contributed by atoms with van der Waals surface area (Å²) in [4.78, 5) is 85.8. The van der Waals surface area contributed by atoms with E-state index in [4.69, 9.17) is 50.7 Å². The Morgan fingerprint density at radius 2 is 1.79 bits per heavy atom. The number of nitrogens with two attached hydrogens (primary N) is 3. The molecule has 340 valence electrons. The summed E-state index contributed by atoms with van der Waals surface area (Å²) in [7, 11) is -10.3. The number of carbonyl (C=O) groups excluding carboxylic acids is 2. The number of phosphoric ester groups is 2. The zero-order valence-corrected chi connectivity index (χ0v) is 34.3. The number of alkyl carbamates (subject to hydrolysis) is 1. The van der Waals surface area contributed by atoms with Gasteiger partial charge in [-0.1, -0.05) is 29.4 Å². The Morgan fingerprint density at radius 1 is 1.05 bits per heavy atom. The lowest BCUT2D eigenvalue weighted by Gasteiger charge is -2.24. The number of anilines is 2. The van der Waals surface area contributed by atoms with Gasteiger partial charge in [-0.2, -0.15) is 4.98 Å². The van der Waals surface area contributed by atoms with Crippen molar-refractivity contribution in [1.82, 2.24) is 34.4 Å². The highest BCUT2D eigenvalue weighted by molar-refractivity contribution is 7.47. The average Bonchev–Trinajstić information content (AvgIpc) is 3.92. The molecule has 2 fully saturated rings. The first kappa shape index (κ1) is 46.9. The molecule has 5 heterocycles. The molecule has 2 aliphatic rings. The number of hydrogen-bond donors (Lipinski definition) is 8. The number of nitrogens with one attached hydrogen (secondary N) is 1.